The summed E-state index contributed by atoms with van der Waals surface area (Å²) in [7, 11) is 0. The van der Waals surface area contributed by atoms with Crippen molar-refractivity contribution in [3.8, 4) is 6.07 Å². The Kier molecular flexibility index (Phi) is 4.01. The van der Waals surface area contributed by atoms with E-state index in [1.54, 1.807) is 0 Å². The Morgan fingerprint density at radius 1 is 0.952 bits per heavy atom. The third-order valence-electron chi connectivity index (χ3n) is 3.91. The fourth-order valence-electron chi connectivity index (χ4n) is 2.80. The van der Waals surface area contributed by atoms with Crippen LogP contribution in [-0.4, -0.2) is 12.1 Å². The third-order valence-corrected chi connectivity index (χ3v) is 3.91. The second kappa shape index (κ2) is 6.09. The molecule has 0 aromatic heterocycles. The molecule has 1 heterocycles. The number of nitriles is 1. The number of nitrogens with one attached hydrogen (secondary N) is 1. The lowest BCUT2D eigenvalue weighted by Gasteiger charge is -2.39. The highest BCUT2D eigenvalue weighted by molar-refractivity contribution is 5.28. The zero-order valence-corrected chi connectivity index (χ0v) is 11.9. The molecule has 1 aliphatic rings. The molecular formula is C18H18N2O. The summed E-state index contributed by atoms with van der Waals surface area (Å²) in [6.07, 6.45) is -0.593. The molecular weight excluding hydrogens is 260 g/mol. The van der Waals surface area contributed by atoms with Gasteiger partial charge in [0.25, 0.3) is 0 Å². The van der Waals surface area contributed by atoms with Crippen molar-refractivity contribution in [3.63, 3.8) is 0 Å². The summed E-state index contributed by atoms with van der Waals surface area (Å²) in [6.45, 7) is 1.99. The lowest BCUT2D eigenvalue weighted by atomic mass is 9.92. The van der Waals surface area contributed by atoms with Crippen LogP contribution in [0.4, 0.5) is 0 Å². The lowest BCUT2D eigenvalue weighted by Crippen LogP contribution is -2.49. The van der Waals surface area contributed by atoms with E-state index in [-0.39, 0.29) is 18.2 Å². The lowest BCUT2D eigenvalue weighted by molar-refractivity contribution is -0.0619. The Hall–Kier alpha value is -2.15. The summed E-state index contributed by atoms with van der Waals surface area (Å²) in [5.41, 5.74) is 2.26. The fraction of sp³-hybridized carbons (Fsp3) is 0.278. The maximum atomic E-state index is 9.27. The molecule has 1 unspecified atom stereocenters. The molecule has 2 aromatic carbocycles. The third kappa shape index (κ3) is 2.82. The highest BCUT2D eigenvalue weighted by Gasteiger charge is 2.36. The monoisotopic (exact) mass is 278 g/mol. The first-order valence-corrected chi connectivity index (χ1v) is 7.20. The minimum absolute atomic E-state index is 0.000156. The van der Waals surface area contributed by atoms with Gasteiger partial charge in [-0.25, -0.2) is 0 Å². The Labute approximate surface area is 125 Å². The van der Waals surface area contributed by atoms with Crippen LogP contribution in [0, 0.1) is 11.3 Å². The van der Waals surface area contributed by atoms with Gasteiger partial charge in [0, 0.05) is 6.04 Å². The van der Waals surface area contributed by atoms with Gasteiger partial charge in [0.15, 0.2) is 6.10 Å². The molecule has 3 nitrogen and oxygen atoms in total. The van der Waals surface area contributed by atoms with E-state index in [0.717, 1.165) is 5.56 Å². The van der Waals surface area contributed by atoms with Crippen LogP contribution in [0.1, 0.15) is 30.2 Å². The second-order valence-electron chi connectivity index (χ2n) is 5.36. The molecule has 0 aliphatic carbocycles. The van der Waals surface area contributed by atoms with Gasteiger partial charge in [0.1, 0.15) is 6.10 Å². The van der Waals surface area contributed by atoms with Crippen molar-refractivity contribution in [1.82, 2.24) is 5.32 Å². The summed E-state index contributed by atoms with van der Waals surface area (Å²) < 4.78 is 6.08. The summed E-state index contributed by atoms with van der Waals surface area (Å²) in [5.74, 6) is 0. The standard InChI is InChI=1S/C18H18N2O/c1-13-16(12-19)21-18(15-10-6-3-7-11-15)17(20-13)14-8-4-2-5-9-14/h2-11,13,16-18,20H,1H3/t13-,16?,17-,18+/m1/s1. The van der Waals surface area contributed by atoms with E-state index in [2.05, 4.69) is 23.5 Å². The van der Waals surface area contributed by atoms with Gasteiger partial charge >= 0.3 is 0 Å². The average Bonchev–Trinajstić information content (AvgIpc) is 2.56. The Morgan fingerprint density at radius 3 is 2.10 bits per heavy atom. The van der Waals surface area contributed by atoms with E-state index in [1.165, 1.54) is 5.56 Å². The largest absolute Gasteiger partial charge is 0.352 e. The molecule has 1 fully saturated rings. The van der Waals surface area contributed by atoms with Crippen LogP contribution in [0.15, 0.2) is 60.7 Å². The van der Waals surface area contributed by atoms with Crippen molar-refractivity contribution in [3.05, 3.63) is 71.8 Å². The molecule has 3 heteroatoms. The maximum Gasteiger partial charge on any atom is 0.159 e. The van der Waals surface area contributed by atoms with Crippen LogP contribution < -0.4 is 5.32 Å². The minimum atomic E-state index is -0.435. The quantitative estimate of drug-likeness (QED) is 0.916. The number of hydrogen-bond donors (Lipinski definition) is 1. The predicted octanol–water partition coefficient (Wildman–Crippen LogP) is 3.37. The normalized spacial score (nSPS) is 28.8. The highest BCUT2D eigenvalue weighted by atomic mass is 16.5. The highest BCUT2D eigenvalue weighted by Crippen LogP contribution is 2.37. The van der Waals surface area contributed by atoms with E-state index in [4.69, 9.17) is 4.74 Å². The number of hydrogen-bond acceptors (Lipinski definition) is 3. The number of rotatable bonds is 2. The molecule has 0 bridgehead atoms. The predicted molar refractivity (Wildman–Crippen MR) is 81.4 cm³/mol. The van der Waals surface area contributed by atoms with Crippen LogP contribution in [-0.2, 0) is 4.74 Å². The molecule has 1 N–H and O–H groups in total. The van der Waals surface area contributed by atoms with Crippen LogP contribution in [0.5, 0.6) is 0 Å². The van der Waals surface area contributed by atoms with E-state index in [0.29, 0.717) is 0 Å². The molecule has 106 valence electrons. The molecule has 21 heavy (non-hydrogen) atoms. The number of benzene rings is 2. The smallest absolute Gasteiger partial charge is 0.159 e. The van der Waals surface area contributed by atoms with Crippen molar-refractivity contribution < 1.29 is 4.74 Å². The van der Waals surface area contributed by atoms with Gasteiger partial charge in [0.05, 0.1) is 12.1 Å². The number of nitrogens with zero attached hydrogens (tertiary/aromatic N) is 1. The van der Waals surface area contributed by atoms with Gasteiger partial charge < -0.3 is 10.1 Å². The average molecular weight is 278 g/mol. The first-order chi connectivity index (χ1) is 10.3. The number of ether oxygens (including phenoxy) is 1. The summed E-state index contributed by atoms with van der Waals surface area (Å²) in [4.78, 5) is 0. The van der Waals surface area contributed by atoms with Crippen LogP contribution in [0.2, 0.25) is 0 Å². The van der Waals surface area contributed by atoms with Crippen LogP contribution in [0.25, 0.3) is 0 Å². The first-order valence-electron chi connectivity index (χ1n) is 7.20. The van der Waals surface area contributed by atoms with Gasteiger partial charge in [0.2, 0.25) is 0 Å². The Morgan fingerprint density at radius 2 is 1.52 bits per heavy atom. The van der Waals surface area contributed by atoms with Crippen molar-refractivity contribution >= 4 is 0 Å². The molecule has 1 saturated heterocycles. The molecule has 2 aromatic rings. The number of morpholine rings is 1. The molecule has 0 radical (unpaired) electrons. The van der Waals surface area contributed by atoms with Gasteiger partial charge in [-0.15, -0.1) is 0 Å². The topological polar surface area (TPSA) is 45.0 Å². The second-order valence-corrected chi connectivity index (χ2v) is 5.36. The van der Waals surface area contributed by atoms with Crippen molar-refractivity contribution in [2.75, 3.05) is 0 Å². The Bertz CT molecular complexity index is 621. The van der Waals surface area contributed by atoms with Gasteiger partial charge in [-0.3, -0.25) is 0 Å². The van der Waals surface area contributed by atoms with E-state index >= 15 is 0 Å². The zero-order chi connectivity index (χ0) is 14.7. The van der Waals surface area contributed by atoms with E-state index in [9.17, 15) is 5.26 Å². The SMILES string of the molecule is C[C@H]1N[C@H](c2ccccc2)[C@H](c2ccccc2)OC1C#N. The molecule has 3 rings (SSSR count). The molecule has 4 atom stereocenters. The fourth-order valence-corrected chi connectivity index (χ4v) is 2.80. The van der Waals surface area contributed by atoms with Crippen molar-refractivity contribution in [2.24, 2.45) is 0 Å². The maximum absolute atomic E-state index is 9.27. The zero-order valence-electron chi connectivity index (χ0n) is 11.9. The minimum Gasteiger partial charge on any atom is -0.352 e. The van der Waals surface area contributed by atoms with Crippen molar-refractivity contribution in [2.45, 2.75) is 31.2 Å². The first kappa shape index (κ1) is 13.8. The van der Waals surface area contributed by atoms with Crippen LogP contribution >= 0.6 is 0 Å². The van der Waals surface area contributed by atoms with Gasteiger partial charge in [-0.05, 0) is 18.1 Å². The van der Waals surface area contributed by atoms with Crippen molar-refractivity contribution in [1.29, 1.82) is 5.26 Å². The summed E-state index contributed by atoms with van der Waals surface area (Å²) in [6, 6.07) is 22.6. The Balaban J connectivity index is 1.97. The van der Waals surface area contributed by atoms with E-state index in [1.807, 2.05) is 55.5 Å². The summed E-state index contributed by atoms with van der Waals surface area (Å²) >= 11 is 0. The summed E-state index contributed by atoms with van der Waals surface area (Å²) in [5, 5.41) is 12.8. The molecule has 0 saturated carbocycles. The van der Waals surface area contributed by atoms with Crippen LogP contribution in [0.3, 0.4) is 0 Å². The van der Waals surface area contributed by atoms with Gasteiger partial charge in [-0.2, -0.15) is 5.26 Å². The van der Waals surface area contributed by atoms with Gasteiger partial charge in [-0.1, -0.05) is 60.7 Å². The van der Waals surface area contributed by atoms with E-state index < -0.39 is 6.10 Å². The molecule has 1 aliphatic heterocycles. The molecule has 0 spiro atoms. The molecule has 0 amide bonds.